The van der Waals surface area contributed by atoms with Crippen LogP contribution in [0.4, 0.5) is 15.8 Å². The minimum atomic E-state index is -0.403. The largest absolute Gasteiger partial charge is 0.494 e. The molecule has 0 radical (unpaired) electrons. The first-order valence-corrected chi connectivity index (χ1v) is 6.57. The van der Waals surface area contributed by atoms with Crippen LogP contribution in [0.15, 0.2) is 30.3 Å². The van der Waals surface area contributed by atoms with E-state index in [4.69, 9.17) is 33.7 Å². The molecule has 0 aromatic heterocycles. The highest BCUT2D eigenvalue weighted by molar-refractivity contribution is 6.39. The van der Waals surface area contributed by atoms with Crippen molar-refractivity contribution in [1.29, 1.82) is 0 Å². The number of ether oxygens (including phenoxy) is 1. The Labute approximate surface area is 126 Å². The molecule has 0 aliphatic rings. The van der Waals surface area contributed by atoms with E-state index in [1.165, 1.54) is 13.2 Å². The Morgan fingerprint density at radius 1 is 1.20 bits per heavy atom. The van der Waals surface area contributed by atoms with Gasteiger partial charge in [-0.05, 0) is 29.8 Å². The lowest BCUT2D eigenvalue weighted by Gasteiger charge is -2.10. The summed E-state index contributed by atoms with van der Waals surface area (Å²) in [5.74, 6) is -0.188. The van der Waals surface area contributed by atoms with Crippen LogP contribution in [0, 0.1) is 5.82 Å². The maximum atomic E-state index is 13.5. The standard InChI is InChI=1S/C14H13Cl2FN2O/c1-20-13-3-2-8(4-12(13)17)7-19-9-5-10(15)14(18)11(16)6-9/h2-6,19H,7,18H2,1H3. The Morgan fingerprint density at radius 2 is 1.85 bits per heavy atom. The van der Waals surface area contributed by atoms with Crippen LogP contribution in [-0.2, 0) is 6.54 Å². The molecule has 106 valence electrons. The van der Waals surface area contributed by atoms with Gasteiger partial charge in [-0.15, -0.1) is 0 Å². The Hall–Kier alpha value is -1.65. The van der Waals surface area contributed by atoms with Gasteiger partial charge < -0.3 is 15.8 Å². The quantitative estimate of drug-likeness (QED) is 0.825. The van der Waals surface area contributed by atoms with Crippen LogP contribution in [-0.4, -0.2) is 7.11 Å². The summed E-state index contributed by atoms with van der Waals surface area (Å²) in [5.41, 5.74) is 7.48. The maximum Gasteiger partial charge on any atom is 0.165 e. The third-order valence-corrected chi connectivity index (χ3v) is 3.42. The molecule has 0 bridgehead atoms. The number of nitrogens with one attached hydrogen (secondary N) is 1. The molecule has 0 atom stereocenters. The van der Waals surface area contributed by atoms with Crippen molar-refractivity contribution in [2.45, 2.75) is 6.54 Å². The molecule has 2 aromatic carbocycles. The van der Waals surface area contributed by atoms with Crippen LogP contribution >= 0.6 is 23.2 Å². The Kier molecular flexibility index (Phi) is 4.57. The SMILES string of the molecule is COc1ccc(CNc2cc(Cl)c(N)c(Cl)c2)cc1F. The van der Waals surface area contributed by atoms with Gasteiger partial charge in [0.25, 0.3) is 0 Å². The van der Waals surface area contributed by atoms with Crippen LogP contribution < -0.4 is 15.8 Å². The second-order valence-corrected chi connectivity index (χ2v) is 4.99. The fourth-order valence-corrected chi connectivity index (χ4v) is 2.20. The monoisotopic (exact) mass is 314 g/mol. The van der Waals surface area contributed by atoms with Crippen LogP contribution in [0.2, 0.25) is 10.0 Å². The van der Waals surface area contributed by atoms with Crippen molar-refractivity contribution in [3.05, 3.63) is 51.8 Å². The third kappa shape index (κ3) is 3.26. The third-order valence-electron chi connectivity index (χ3n) is 2.79. The molecule has 0 aliphatic heterocycles. The molecule has 3 nitrogen and oxygen atoms in total. The van der Waals surface area contributed by atoms with Crippen LogP contribution in [0.1, 0.15) is 5.56 Å². The molecule has 2 rings (SSSR count). The normalized spacial score (nSPS) is 10.4. The Morgan fingerprint density at radius 3 is 2.40 bits per heavy atom. The van der Waals surface area contributed by atoms with Crippen molar-refractivity contribution >= 4 is 34.6 Å². The van der Waals surface area contributed by atoms with Crippen LogP contribution in [0.3, 0.4) is 0 Å². The minimum Gasteiger partial charge on any atom is -0.494 e. The van der Waals surface area contributed by atoms with E-state index in [1.807, 2.05) is 0 Å². The Bertz CT molecular complexity index is 612. The topological polar surface area (TPSA) is 47.3 Å². The molecular weight excluding hydrogens is 302 g/mol. The highest BCUT2D eigenvalue weighted by Crippen LogP contribution is 2.31. The highest BCUT2D eigenvalue weighted by Gasteiger charge is 2.06. The van der Waals surface area contributed by atoms with Crippen LogP contribution in [0.25, 0.3) is 0 Å². The zero-order valence-electron chi connectivity index (χ0n) is 10.7. The van der Waals surface area contributed by atoms with E-state index < -0.39 is 5.82 Å². The summed E-state index contributed by atoms with van der Waals surface area (Å²) >= 11 is 11.9. The molecule has 0 fully saturated rings. The molecule has 0 saturated heterocycles. The summed E-state index contributed by atoms with van der Waals surface area (Å²) < 4.78 is 18.4. The van der Waals surface area contributed by atoms with E-state index in [-0.39, 0.29) is 5.75 Å². The molecule has 2 aromatic rings. The van der Waals surface area contributed by atoms with Crippen molar-refractivity contribution in [2.24, 2.45) is 0 Å². The lowest BCUT2D eigenvalue weighted by molar-refractivity contribution is 0.386. The van der Waals surface area contributed by atoms with Crippen molar-refractivity contribution in [1.82, 2.24) is 0 Å². The lowest BCUT2D eigenvalue weighted by atomic mass is 10.2. The van der Waals surface area contributed by atoms with Gasteiger partial charge in [0.15, 0.2) is 11.6 Å². The van der Waals surface area contributed by atoms with Gasteiger partial charge in [0.1, 0.15) is 0 Å². The van der Waals surface area contributed by atoms with Gasteiger partial charge in [0, 0.05) is 12.2 Å². The molecule has 6 heteroatoms. The van der Waals surface area contributed by atoms with E-state index in [2.05, 4.69) is 5.32 Å². The zero-order valence-corrected chi connectivity index (χ0v) is 12.2. The number of nitrogen functional groups attached to an aromatic ring is 1. The Balaban J connectivity index is 2.11. The number of anilines is 2. The first kappa shape index (κ1) is 14.8. The van der Waals surface area contributed by atoms with E-state index >= 15 is 0 Å². The summed E-state index contributed by atoms with van der Waals surface area (Å²) in [4.78, 5) is 0. The molecule has 20 heavy (non-hydrogen) atoms. The summed E-state index contributed by atoms with van der Waals surface area (Å²) in [6.07, 6.45) is 0. The molecule has 0 spiro atoms. The fraction of sp³-hybridized carbons (Fsp3) is 0.143. The van der Waals surface area contributed by atoms with E-state index in [1.54, 1.807) is 24.3 Å². The van der Waals surface area contributed by atoms with E-state index in [0.717, 1.165) is 5.56 Å². The summed E-state index contributed by atoms with van der Waals surface area (Å²) in [5, 5.41) is 3.85. The number of hydrogen-bond acceptors (Lipinski definition) is 3. The fourth-order valence-electron chi connectivity index (χ4n) is 1.71. The first-order chi connectivity index (χ1) is 9.51. The second-order valence-electron chi connectivity index (χ2n) is 4.18. The van der Waals surface area contributed by atoms with Gasteiger partial charge in [-0.1, -0.05) is 29.3 Å². The van der Waals surface area contributed by atoms with E-state index in [9.17, 15) is 4.39 Å². The second kappa shape index (κ2) is 6.20. The number of rotatable bonds is 4. The smallest absolute Gasteiger partial charge is 0.165 e. The summed E-state index contributed by atoms with van der Waals surface area (Å²) in [6, 6.07) is 8.10. The molecular formula is C14H13Cl2FN2O. The first-order valence-electron chi connectivity index (χ1n) is 5.82. The number of nitrogens with two attached hydrogens (primary N) is 1. The van der Waals surface area contributed by atoms with Gasteiger partial charge in [0.05, 0.1) is 22.8 Å². The van der Waals surface area contributed by atoms with Crippen LogP contribution in [0.5, 0.6) is 5.75 Å². The molecule has 0 heterocycles. The van der Waals surface area contributed by atoms with Gasteiger partial charge >= 0.3 is 0 Å². The summed E-state index contributed by atoms with van der Waals surface area (Å²) in [6.45, 7) is 0.428. The highest BCUT2D eigenvalue weighted by atomic mass is 35.5. The molecule has 0 unspecified atom stereocenters. The van der Waals surface area contributed by atoms with Gasteiger partial charge in [-0.2, -0.15) is 0 Å². The number of methoxy groups -OCH3 is 1. The summed E-state index contributed by atoms with van der Waals surface area (Å²) in [7, 11) is 1.43. The van der Waals surface area contributed by atoms with Crippen molar-refractivity contribution in [3.8, 4) is 5.75 Å². The minimum absolute atomic E-state index is 0.215. The van der Waals surface area contributed by atoms with Gasteiger partial charge in [-0.25, -0.2) is 4.39 Å². The average Bonchev–Trinajstić information content (AvgIpc) is 2.42. The van der Waals surface area contributed by atoms with Crippen molar-refractivity contribution in [3.63, 3.8) is 0 Å². The number of halogens is 3. The molecule has 0 aliphatic carbocycles. The van der Waals surface area contributed by atoms with Gasteiger partial charge in [-0.3, -0.25) is 0 Å². The predicted octanol–water partition coefficient (Wildman–Crippen LogP) is 4.34. The number of benzene rings is 2. The number of hydrogen-bond donors (Lipinski definition) is 2. The predicted molar refractivity (Wildman–Crippen MR) is 81.2 cm³/mol. The average molecular weight is 315 g/mol. The van der Waals surface area contributed by atoms with Crippen molar-refractivity contribution in [2.75, 3.05) is 18.2 Å². The molecule has 0 amide bonds. The molecule has 0 saturated carbocycles. The molecule has 3 N–H and O–H groups in total. The zero-order chi connectivity index (χ0) is 14.7. The van der Waals surface area contributed by atoms with Gasteiger partial charge in [0.2, 0.25) is 0 Å². The maximum absolute atomic E-state index is 13.5. The van der Waals surface area contributed by atoms with E-state index in [0.29, 0.717) is 28.0 Å². The van der Waals surface area contributed by atoms with Crippen molar-refractivity contribution < 1.29 is 9.13 Å². The lowest BCUT2D eigenvalue weighted by Crippen LogP contribution is -2.01.